The number of anilines is 1. The second-order valence-electron chi connectivity index (χ2n) is 7.15. The van der Waals surface area contributed by atoms with E-state index in [-0.39, 0.29) is 5.75 Å². The summed E-state index contributed by atoms with van der Waals surface area (Å²) in [5.41, 5.74) is 3.16. The molecule has 1 aliphatic rings. The highest BCUT2D eigenvalue weighted by Crippen LogP contribution is 2.40. The van der Waals surface area contributed by atoms with Gasteiger partial charge in [-0.25, -0.2) is 0 Å². The number of para-hydroxylation sites is 1. The van der Waals surface area contributed by atoms with E-state index in [4.69, 9.17) is 9.47 Å². The van der Waals surface area contributed by atoms with Crippen molar-refractivity contribution in [3.8, 4) is 28.6 Å². The maximum Gasteiger partial charge on any atom is 0.247 e. The smallest absolute Gasteiger partial charge is 0.247 e. The molecule has 2 heterocycles. The molecule has 4 rings (SSSR count). The lowest BCUT2D eigenvalue weighted by atomic mass is 10.1. The molecule has 0 saturated carbocycles. The van der Waals surface area contributed by atoms with Crippen LogP contribution < -0.4 is 14.8 Å². The van der Waals surface area contributed by atoms with Crippen LogP contribution in [0.5, 0.6) is 17.4 Å². The largest absolute Gasteiger partial charge is 0.504 e. The lowest BCUT2D eigenvalue weighted by Crippen LogP contribution is -2.17. The van der Waals surface area contributed by atoms with E-state index in [1.807, 2.05) is 31.2 Å². The third kappa shape index (κ3) is 4.85. The highest BCUT2D eigenvalue weighted by atomic mass is 32.2. The van der Waals surface area contributed by atoms with Crippen molar-refractivity contribution in [1.82, 2.24) is 15.2 Å². The number of aromatic hydroxyl groups is 1. The standard InChI is InChI=1S/C23H26N4O3S/c1-3-5-8-13-31-23-25-22-20(26-27-23)16-9-6-7-10-17(16)24-21(30-22)15-11-12-18(28)19(14-15)29-4-2/h6-7,9-12,14,21,24,28H,3-5,8,13H2,1-2H3/t21-/m0/s1. The summed E-state index contributed by atoms with van der Waals surface area (Å²) in [6.45, 7) is 4.52. The van der Waals surface area contributed by atoms with Crippen molar-refractivity contribution in [2.75, 3.05) is 17.7 Å². The van der Waals surface area contributed by atoms with Crippen molar-refractivity contribution in [3.63, 3.8) is 0 Å². The number of ether oxygens (including phenoxy) is 2. The Hall–Kier alpha value is -3.00. The van der Waals surface area contributed by atoms with Gasteiger partial charge in [-0.05, 0) is 37.6 Å². The van der Waals surface area contributed by atoms with Crippen LogP contribution in [0.2, 0.25) is 0 Å². The second-order valence-corrected chi connectivity index (χ2v) is 8.21. The SMILES string of the molecule is CCCCCSc1nnc2c(n1)O[C@@H](c1ccc(O)c(OCC)c1)Nc1ccccc1-2. The van der Waals surface area contributed by atoms with Gasteiger partial charge in [0.1, 0.15) is 0 Å². The van der Waals surface area contributed by atoms with E-state index in [0.717, 1.165) is 29.0 Å². The number of nitrogens with one attached hydrogen (secondary N) is 1. The zero-order chi connectivity index (χ0) is 21.6. The minimum absolute atomic E-state index is 0.0924. The van der Waals surface area contributed by atoms with Gasteiger partial charge < -0.3 is 19.9 Å². The molecule has 7 nitrogen and oxygen atoms in total. The fourth-order valence-electron chi connectivity index (χ4n) is 3.34. The molecule has 162 valence electrons. The molecule has 2 aromatic carbocycles. The number of unbranched alkanes of at least 4 members (excludes halogenated alkanes) is 2. The van der Waals surface area contributed by atoms with Crippen molar-refractivity contribution < 1.29 is 14.6 Å². The van der Waals surface area contributed by atoms with Crippen molar-refractivity contribution >= 4 is 17.4 Å². The number of benzene rings is 2. The Kier molecular flexibility index (Phi) is 6.76. The molecule has 0 aliphatic carbocycles. The lowest BCUT2D eigenvalue weighted by Gasteiger charge is -2.20. The average molecular weight is 439 g/mol. The van der Waals surface area contributed by atoms with Gasteiger partial charge in [0, 0.05) is 22.6 Å². The molecule has 0 fully saturated rings. The molecule has 0 unspecified atom stereocenters. The predicted octanol–water partition coefficient (Wildman–Crippen LogP) is 5.43. The normalized spacial score (nSPS) is 14.6. The van der Waals surface area contributed by atoms with E-state index in [0.29, 0.717) is 29.1 Å². The number of thioether (sulfide) groups is 1. The molecule has 31 heavy (non-hydrogen) atoms. The van der Waals surface area contributed by atoms with Gasteiger partial charge in [0.05, 0.1) is 6.61 Å². The summed E-state index contributed by atoms with van der Waals surface area (Å²) in [5.74, 6) is 1.88. The minimum Gasteiger partial charge on any atom is -0.504 e. The quantitative estimate of drug-likeness (QED) is 0.356. The Labute approximate surface area is 186 Å². The van der Waals surface area contributed by atoms with Crippen molar-refractivity contribution in [3.05, 3.63) is 48.0 Å². The van der Waals surface area contributed by atoms with Gasteiger partial charge in [0.25, 0.3) is 0 Å². The number of hydrogen-bond acceptors (Lipinski definition) is 8. The molecule has 0 radical (unpaired) electrons. The minimum atomic E-state index is -0.531. The monoisotopic (exact) mass is 438 g/mol. The van der Waals surface area contributed by atoms with Crippen molar-refractivity contribution in [2.24, 2.45) is 0 Å². The number of rotatable bonds is 8. The Balaban J connectivity index is 1.68. The van der Waals surface area contributed by atoms with E-state index in [1.54, 1.807) is 30.0 Å². The van der Waals surface area contributed by atoms with Crippen LogP contribution in [-0.2, 0) is 0 Å². The molecule has 2 N–H and O–H groups in total. The van der Waals surface area contributed by atoms with Gasteiger partial charge in [-0.3, -0.25) is 0 Å². The zero-order valence-electron chi connectivity index (χ0n) is 17.7. The number of phenolic OH excluding ortho intramolecular Hbond substituents is 1. The summed E-state index contributed by atoms with van der Waals surface area (Å²) in [6.07, 6.45) is 2.94. The van der Waals surface area contributed by atoms with Crippen LogP contribution in [0.15, 0.2) is 47.6 Å². The summed E-state index contributed by atoms with van der Waals surface area (Å²) in [4.78, 5) is 4.67. The predicted molar refractivity (Wildman–Crippen MR) is 122 cm³/mol. The van der Waals surface area contributed by atoms with Gasteiger partial charge in [-0.2, -0.15) is 4.98 Å². The van der Waals surface area contributed by atoms with E-state index in [9.17, 15) is 5.11 Å². The van der Waals surface area contributed by atoms with Crippen LogP contribution in [0.3, 0.4) is 0 Å². The third-order valence-corrected chi connectivity index (χ3v) is 5.82. The number of aromatic nitrogens is 3. The van der Waals surface area contributed by atoms with Crippen LogP contribution in [0.25, 0.3) is 11.3 Å². The highest BCUT2D eigenvalue weighted by Gasteiger charge is 2.26. The summed E-state index contributed by atoms with van der Waals surface area (Å²) in [6, 6.07) is 13.0. The Bertz CT molecular complexity index is 1050. The van der Waals surface area contributed by atoms with Crippen LogP contribution in [0.4, 0.5) is 5.69 Å². The van der Waals surface area contributed by atoms with Crippen LogP contribution in [0.1, 0.15) is 44.9 Å². The molecule has 0 spiro atoms. The van der Waals surface area contributed by atoms with E-state index < -0.39 is 6.23 Å². The van der Waals surface area contributed by atoms with Crippen molar-refractivity contribution in [2.45, 2.75) is 44.5 Å². The third-order valence-electron chi connectivity index (χ3n) is 4.90. The van der Waals surface area contributed by atoms with Gasteiger partial charge in [-0.1, -0.05) is 49.7 Å². The molecular formula is C23H26N4O3S. The molecule has 0 saturated heterocycles. The average Bonchev–Trinajstić information content (AvgIpc) is 2.95. The van der Waals surface area contributed by atoms with Crippen LogP contribution in [-0.4, -0.2) is 32.6 Å². The first kappa shape index (κ1) is 21.2. The Morgan fingerprint density at radius 3 is 2.84 bits per heavy atom. The zero-order valence-corrected chi connectivity index (χ0v) is 18.5. The molecule has 0 amide bonds. The fraction of sp³-hybridized carbons (Fsp3) is 0.348. The lowest BCUT2D eigenvalue weighted by molar-refractivity contribution is 0.224. The molecule has 3 aromatic rings. The first-order chi connectivity index (χ1) is 15.2. The number of nitrogens with zero attached hydrogens (tertiary/aromatic N) is 3. The summed E-state index contributed by atoms with van der Waals surface area (Å²) in [5, 5.41) is 22.9. The molecule has 1 aromatic heterocycles. The molecule has 8 heteroatoms. The summed E-state index contributed by atoms with van der Waals surface area (Å²) in [7, 11) is 0. The maximum atomic E-state index is 10.1. The van der Waals surface area contributed by atoms with E-state index in [2.05, 4.69) is 27.4 Å². The first-order valence-corrected chi connectivity index (χ1v) is 11.5. The van der Waals surface area contributed by atoms with Crippen molar-refractivity contribution in [1.29, 1.82) is 0 Å². The number of phenols is 1. The topological polar surface area (TPSA) is 89.4 Å². The molecule has 1 aliphatic heterocycles. The van der Waals surface area contributed by atoms with Gasteiger partial charge >= 0.3 is 0 Å². The van der Waals surface area contributed by atoms with Gasteiger partial charge in [0.15, 0.2) is 23.4 Å². The van der Waals surface area contributed by atoms with Crippen LogP contribution in [0, 0.1) is 0 Å². The maximum absolute atomic E-state index is 10.1. The second kappa shape index (κ2) is 9.87. The van der Waals surface area contributed by atoms with Gasteiger partial charge in [0.2, 0.25) is 11.0 Å². The molecule has 0 bridgehead atoms. The Morgan fingerprint density at radius 2 is 2.00 bits per heavy atom. The van der Waals surface area contributed by atoms with Crippen LogP contribution >= 0.6 is 11.8 Å². The number of hydrogen-bond donors (Lipinski definition) is 2. The summed E-state index contributed by atoms with van der Waals surface area (Å²) >= 11 is 1.59. The molecule has 1 atom stereocenters. The number of fused-ring (bicyclic) bond motifs is 3. The Morgan fingerprint density at radius 1 is 1.13 bits per heavy atom. The summed E-state index contributed by atoms with van der Waals surface area (Å²) < 4.78 is 11.8. The fourth-order valence-corrected chi connectivity index (χ4v) is 4.12. The first-order valence-electron chi connectivity index (χ1n) is 10.6. The van der Waals surface area contributed by atoms with Gasteiger partial charge in [-0.15, -0.1) is 10.2 Å². The highest BCUT2D eigenvalue weighted by molar-refractivity contribution is 7.99. The van der Waals surface area contributed by atoms with E-state index in [1.165, 1.54) is 12.8 Å². The van der Waals surface area contributed by atoms with E-state index >= 15 is 0 Å². The molecular weight excluding hydrogens is 412 g/mol.